The second-order valence-electron chi connectivity index (χ2n) is 3.15. The summed E-state index contributed by atoms with van der Waals surface area (Å²) >= 11 is 2.87. The van der Waals surface area contributed by atoms with Crippen molar-refractivity contribution in [2.75, 3.05) is 6.54 Å². The van der Waals surface area contributed by atoms with Crippen LogP contribution in [0.15, 0.2) is 4.99 Å². The Morgan fingerprint density at radius 3 is 2.30 bits per heavy atom. The number of aliphatic imine (C=N–C) groups is 1. The van der Waals surface area contributed by atoms with E-state index in [-0.39, 0.29) is 5.54 Å². The summed E-state index contributed by atoms with van der Waals surface area (Å²) in [5.41, 5.74) is 0.110. The van der Waals surface area contributed by atoms with E-state index in [4.69, 9.17) is 0 Å². The molecule has 2 nitrogen and oxygen atoms in total. The summed E-state index contributed by atoms with van der Waals surface area (Å²) in [6.45, 7) is 9.16. The molecule has 0 aliphatic heterocycles. The molecule has 0 aromatic heterocycles. The van der Waals surface area contributed by atoms with Crippen LogP contribution in [0, 0.1) is 0 Å². The summed E-state index contributed by atoms with van der Waals surface area (Å²) in [7, 11) is 0. The van der Waals surface area contributed by atoms with Crippen LogP contribution < -0.4 is 5.32 Å². The van der Waals surface area contributed by atoms with Crippen molar-refractivity contribution in [2.45, 2.75) is 33.2 Å². The van der Waals surface area contributed by atoms with E-state index in [9.17, 15) is 0 Å². The predicted octanol–water partition coefficient (Wildman–Crippen LogP) is 0.919. The van der Waals surface area contributed by atoms with Crippen molar-refractivity contribution in [1.29, 1.82) is 0 Å². The second kappa shape index (κ2) is 3.99. The first kappa shape index (κ1) is 9.99. The average molecular weight is 206 g/mol. The molecule has 59 valence electrons. The molecule has 0 rings (SSSR count). The molecule has 1 radical (unpaired) electrons. The van der Waals surface area contributed by atoms with Crippen LogP contribution in [-0.2, 0) is 0 Å². The number of amidine groups is 1. The van der Waals surface area contributed by atoms with E-state index in [0.717, 1.165) is 11.3 Å². The van der Waals surface area contributed by atoms with Gasteiger partial charge in [-0.15, -0.1) is 0 Å². The van der Waals surface area contributed by atoms with Gasteiger partial charge in [0.2, 0.25) is 0 Å². The molecule has 0 aromatic rings. The van der Waals surface area contributed by atoms with Crippen molar-refractivity contribution < 1.29 is 0 Å². The fourth-order valence-electron chi connectivity index (χ4n) is 0.504. The maximum absolute atomic E-state index is 4.16. The molecule has 0 amide bonds. The monoisotopic (exact) mass is 207 g/mol. The SMILES string of the molecule is CCN=C([Se])NC(C)(C)C. The Morgan fingerprint density at radius 1 is 1.50 bits per heavy atom. The number of rotatable bonds is 1. The van der Waals surface area contributed by atoms with E-state index in [0.29, 0.717) is 0 Å². The Balaban J connectivity index is 3.79. The first-order valence-corrected chi connectivity index (χ1v) is 4.31. The molecule has 0 atom stereocenters. The molecule has 0 saturated carbocycles. The van der Waals surface area contributed by atoms with E-state index in [1.807, 2.05) is 6.92 Å². The molecule has 0 aromatic carbocycles. The van der Waals surface area contributed by atoms with E-state index in [1.165, 1.54) is 0 Å². The van der Waals surface area contributed by atoms with Crippen LogP contribution in [0.1, 0.15) is 27.7 Å². The van der Waals surface area contributed by atoms with Crippen molar-refractivity contribution in [2.24, 2.45) is 4.99 Å². The molecular weight excluding hydrogens is 191 g/mol. The maximum atomic E-state index is 4.16. The van der Waals surface area contributed by atoms with Gasteiger partial charge in [-0.05, 0) is 0 Å². The van der Waals surface area contributed by atoms with Gasteiger partial charge in [0, 0.05) is 0 Å². The second-order valence-corrected chi connectivity index (χ2v) is 3.97. The van der Waals surface area contributed by atoms with Crippen molar-refractivity contribution in [3.8, 4) is 0 Å². The van der Waals surface area contributed by atoms with Crippen LogP contribution in [0.4, 0.5) is 0 Å². The Hall–Kier alpha value is -0.0105. The van der Waals surface area contributed by atoms with Crippen molar-refractivity contribution in [3.05, 3.63) is 0 Å². The molecule has 0 fully saturated rings. The Bertz CT molecular complexity index is 124. The molecule has 10 heavy (non-hydrogen) atoms. The first-order chi connectivity index (χ1) is 4.45. The number of hydrogen-bond acceptors (Lipinski definition) is 1. The van der Waals surface area contributed by atoms with Gasteiger partial charge in [-0.25, -0.2) is 0 Å². The summed E-state index contributed by atoms with van der Waals surface area (Å²) in [6.07, 6.45) is 0. The van der Waals surface area contributed by atoms with Crippen LogP contribution >= 0.6 is 0 Å². The normalized spacial score (nSPS) is 13.4. The van der Waals surface area contributed by atoms with Crippen molar-refractivity contribution in [3.63, 3.8) is 0 Å². The summed E-state index contributed by atoms with van der Waals surface area (Å²) in [4.78, 5) is 4.16. The van der Waals surface area contributed by atoms with Gasteiger partial charge in [0.1, 0.15) is 0 Å². The molecule has 0 aliphatic rings. The van der Waals surface area contributed by atoms with Crippen molar-refractivity contribution in [1.82, 2.24) is 5.32 Å². The molecular formula is C7H15N2Se. The van der Waals surface area contributed by atoms with Gasteiger partial charge in [0.15, 0.2) is 0 Å². The fourth-order valence-corrected chi connectivity index (χ4v) is 1.42. The molecule has 1 N–H and O–H groups in total. The predicted molar refractivity (Wildman–Crippen MR) is 46.6 cm³/mol. The summed E-state index contributed by atoms with van der Waals surface area (Å²) in [5, 5.41) is 3.21. The molecule has 0 heterocycles. The zero-order valence-electron chi connectivity index (χ0n) is 7.06. The van der Waals surface area contributed by atoms with Gasteiger partial charge >= 0.3 is 70.8 Å². The average Bonchev–Trinajstić information content (AvgIpc) is 1.59. The Kier molecular flexibility index (Phi) is 3.99. The van der Waals surface area contributed by atoms with Crippen LogP contribution in [0.25, 0.3) is 0 Å². The van der Waals surface area contributed by atoms with Gasteiger partial charge < -0.3 is 0 Å². The van der Waals surface area contributed by atoms with Gasteiger partial charge in [0.05, 0.1) is 0 Å². The third-order valence-electron chi connectivity index (χ3n) is 0.784. The zero-order chi connectivity index (χ0) is 8.20. The number of nitrogens with one attached hydrogen (secondary N) is 1. The summed E-state index contributed by atoms with van der Waals surface area (Å²) in [6, 6.07) is 0. The van der Waals surface area contributed by atoms with Crippen molar-refractivity contribution >= 4 is 20.7 Å². The molecule has 0 aliphatic carbocycles. The van der Waals surface area contributed by atoms with Gasteiger partial charge in [-0.1, -0.05) is 0 Å². The van der Waals surface area contributed by atoms with Crippen LogP contribution in [0.3, 0.4) is 0 Å². The molecule has 0 bridgehead atoms. The summed E-state index contributed by atoms with van der Waals surface area (Å²) < 4.78 is 0.898. The molecule has 0 spiro atoms. The number of hydrogen-bond donors (Lipinski definition) is 1. The van der Waals surface area contributed by atoms with Crippen LogP contribution in [0.5, 0.6) is 0 Å². The minimum absolute atomic E-state index is 0.110. The van der Waals surface area contributed by atoms with E-state index < -0.39 is 0 Å². The minimum atomic E-state index is 0.110. The van der Waals surface area contributed by atoms with Crippen LogP contribution in [-0.4, -0.2) is 32.8 Å². The third-order valence-corrected chi connectivity index (χ3v) is 1.27. The zero-order valence-corrected chi connectivity index (χ0v) is 8.78. The first-order valence-electron chi connectivity index (χ1n) is 3.45. The fraction of sp³-hybridized carbons (Fsp3) is 0.857. The molecule has 3 heteroatoms. The standard InChI is InChI=1S/C7H15N2Se/c1-5-8-6(10)9-7(2,3)4/h5H2,1-4H3,(H,8,9). The van der Waals surface area contributed by atoms with Gasteiger partial charge in [0.25, 0.3) is 0 Å². The van der Waals surface area contributed by atoms with Gasteiger partial charge in [-0.3, -0.25) is 0 Å². The Morgan fingerprint density at radius 2 is 2.00 bits per heavy atom. The quantitative estimate of drug-likeness (QED) is 0.385. The van der Waals surface area contributed by atoms with E-state index in [2.05, 4.69) is 47.1 Å². The third kappa shape index (κ3) is 6.11. The van der Waals surface area contributed by atoms with Crippen LogP contribution in [0.2, 0.25) is 0 Å². The topological polar surface area (TPSA) is 24.4 Å². The molecule has 0 saturated heterocycles. The molecule has 0 unspecified atom stereocenters. The van der Waals surface area contributed by atoms with E-state index >= 15 is 0 Å². The summed E-state index contributed by atoms with van der Waals surface area (Å²) in [5.74, 6) is 0. The van der Waals surface area contributed by atoms with E-state index in [1.54, 1.807) is 0 Å². The van der Waals surface area contributed by atoms with Gasteiger partial charge in [-0.2, -0.15) is 0 Å². The number of nitrogens with zero attached hydrogens (tertiary/aromatic N) is 1. The Labute approximate surface area is 71.3 Å².